The fourth-order valence-corrected chi connectivity index (χ4v) is 2.32. The molecule has 0 aliphatic heterocycles. The summed E-state index contributed by atoms with van der Waals surface area (Å²) in [6.45, 7) is 7.06. The first-order chi connectivity index (χ1) is 8.58. The van der Waals surface area contributed by atoms with Gasteiger partial charge in [-0.15, -0.1) is 0 Å². The number of hydrogen-bond donors (Lipinski definition) is 1. The van der Waals surface area contributed by atoms with Crippen LogP contribution in [0.25, 0.3) is 11.0 Å². The molecule has 98 valence electrons. The molecule has 0 amide bonds. The number of nitrogens with zero attached hydrogens (tertiary/aromatic N) is 3. The van der Waals surface area contributed by atoms with Crippen LogP contribution in [-0.2, 0) is 19.9 Å². The second-order valence-electron chi connectivity index (χ2n) is 5.04. The lowest BCUT2D eigenvalue weighted by atomic mass is 10.1. The molecule has 18 heavy (non-hydrogen) atoms. The van der Waals surface area contributed by atoms with Gasteiger partial charge in [0.15, 0.2) is 0 Å². The molecule has 0 aliphatic rings. The Bertz CT molecular complexity index is 554. The van der Waals surface area contributed by atoms with Crippen LogP contribution in [0.1, 0.15) is 43.8 Å². The van der Waals surface area contributed by atoms with Crippen LogP contribution < -0.4 is 5.73 Å². The predicted octanol–water partition coefficient (Wildman–Crippen LogP) is 2.16. The molecule has 0 unspecified atom stereocenters. The van der Waals surface area contributed by atoms with Crippen LogP contribution in [0.15, 0.2) is 6.20 Å². The molecule has 2 aromatic heterocycles. The molecule has 0 radical (unpaired) electrons. The summed E-state index contributed by atoms with van der Waals surface area (Å²) >= 11 is 0. The maximum atomic E-state index is 5.68. The number of hydrogen-bond acceptors (Lipinski definition) is 3. The molecule has 0 bridgehead atoms. The zero-order valence-corrected chi connectivity index (χ0v) is 11.7. The van der Waals surface area contributed by atoms with Crippen LogP contribution >= 0.6 is 0 Å². The third-order valence-corrected chi connectivity index (χ3v) is 3.25. The lowest BCUT2D eigenvalue weighted by molar-refractivity contribution is 0.762. The van der Waals surface area contributed by atoms with E-state index in [-0.39, 0.29) is 0 Å². The minimum absolute atomic E-state index is 0.354. The number of aromatic nitrogens is 3. The summed E-state index contributed by atoms with van der Waals surface area (Å²) in [5.41, 5.74) is 9.13. The average Bonchev–Trinajstić information content (AvgIpc) is 2.66. The zero-order chi connectivity index (χ0) is 13.3. The van der Waals surface area contributed by atoms with Gasteiger partial charge in [0.1, 0.15) is 11.5 Å². The van der Waals surface area contributed by atoms with Crippen molar-refractivity contribution in [2.24, 2.45) is 12.8 Å². The molecule has 0 spiro atoms. The van der Waals surface area contributed by atoms with E-state index >= 15 is 0 Å². The average molecular weight is 246 g/mol. The van der Waals surface area contributed by atoms with Crippen molar-refractivity contribution in [3.8, 4) is 0 Å². The number of nitrogens with two attached hydrogens (primary N) is 1. The monoisotopic (exact) mass is 246 g/mol. The van der Waals surface area contributed by atoms with Crippen LogP contribution in [0.4, 0.5) is 0 Å². The normalized spacial score (nSPS) is 11.7. The van der Waals surface area contributed by atoms with Gasteiger partial charge in [-0.05, 0) is 24.9 Å². The Morgan fingerprint density at radius 3 is 2.61 bits per heavy atom. The Kier molecular flexibility index (Phi) is 3.66. The molecular weight excluding hydrogens is 224 g/mol. The number of rotatable bonds is 4. The van der Waals surface area contributed by atoms with Gasteiger partial charge in [-0.2, -0.15) is 0 Å². The molecule has 4 nitrogen and oxygen atoms in total. The van der Waals surface area contributed by atoms with Crippen molar-refractivity contribution in [1.29, 1.82) is 0 Å². The van der Waals surface area contributed by atoms with Gasteiger partial charge in [0.25, 0.3) is 0 Å². The molecule has 0 aliphatic carbocycles. The van der Waals surface area contributed by atoms with Gasteiger partial charge in [-0.1, -0.05) is 20.8 Å². The zero-order valence-electron chi connectivity index (χ0n) is 11.7. The van der Waals surface area contributed by atoms with E-state index in [2.05, 4.69) is 31.5 Å². The number of fused-ring (bicyclic) bond motifs is 1. The van der Waals surface area contributed by atoms with E-state index in [0.717, 1.165) is 30.0 Å². The van der Waals surface area contributed by atoms with Crippen molar-refractivity contribution in [2.45, 2.75) is 39.5 Å². The van der Waals surface area contributed by atoms with E-state index in [1.54, 1.807) is 0 Å². The minimum Gasteiger partial charge on any atom is -0.335 e. The molecular formula is C14H22N4. The van der Waals surface area contributed by atoms with Gasteiger partial charge in [-0.25, -0.2) is 9.97 Å². The largest absolute Gasteiger partial charge is 0.335 e. The summed E-state index contributed by atoms with van der Waals surface area (Å²) in [6.07, 6.45) is 3.95. The van der Waals surface area contributed by atoms with Crippen LogP contribution in [0.5, 0.6) is 0 Å². The molecule has 2 aromatic rings. The fourth-order valence-electron chi connectivity index (χ4n) is 2.32. The van der Waals surface area contributed by atoms with E-state index in [0.29, 0.717) is 12.5 Å². The minimum atomic E-state index is 0.354. The van der Waals surface area contributed by atoms with Gasteiger partial charge >= 0.3 is 0 Å². The molecule has 4 heteroatoms. The Morgan fingerprint density at radius 1 is 1.33 bits per heavy atom. The second-order valence-corrected chi connectivity index (χ2v) is 5.04. The van der Waals surface area contributed by atoms with E-state index < -0.39 is 0 Å². The Hall–Kier alpha value is -1.42. The fraction of sp³-hybridized carbons (Fsp3) is 0.571. The Labute approximate surface area is 108 Å². The summed E-state index contributed by atoms with van der Waals surface area (Å²) in [5.74, 6) is 1.28. The highest BCUT2D eigenvalue weighted by atomic mass is 15.0. The van der Waals surface area contributed by atoms with Crippen LogP contribution in [-0.4, -0.2) is 21.1 Å². The van der Waals surface area contributed by atoms with Gasteiger partial charge < -0.3 is 10.3 Å². The van der Waals surface area contributed by atoms with Gasteiger partial charge in [-0.3, -0.25) is 0 Å². The summed E-state index contributed by atoms with van der Waals surface area (Å²) < 4.78 is 2.09. The maximum Gasteiger partial charge on any atom is 0.143 e. The summed E-state index contributed by atoms with van der Waals surface area (Å²) in [4.78, 5) is 9.41. The topological polar surface area (TPSA) is 56.7 Å². The van der Waals surface area contributed by atoms with Crippen LogP contribution in [0, 0.1) is 0 Å². The maximum absolute atomic E-state index is 5.68. The first-order valence-corrected chi connectivity index (χ1v) is 6.63. The molecule has 0 atom stereocenters. The van der Waals surface area contributed by atoms with E-state index in [1.165, 1.54) is 10.9 Å². The SMILES string of the molecule is CCc1nc(C(C)C)nc2c1c(CCN)cn2C. The van der Waals surface area contributed by atoms with E-state index in [1.807, 2.05) is 7.05 Å². The summed E-state index contributed by atoms with van der Waals surface area (Å²) in [6, 6.07) is 0. The van der Waals surface area contributed by atoms with Crippen molar-refractivity contribution in [2.75, 3.05) is 6.54 Å². The first-order valence-electron chi connectivity index (χ1n) is 6.63. The lowest BCUT2D eigenvalue weighted by Gasteiger charge is -2.08. The lowest BCUT2D eigenvalue weighted by Crippen LogP contribution is -2.05. The highest BCUT2D eigenvalue weighted by molar-refractivity contribution is 5.83. The van der Waals surface area contributed by atoms with Gasteiger partial charge in [0.2, 0.25) is 0 Å². The third-order valence-electron chi connectivity index (χ3n) is 3.25. The van der Waals surface area contributed by atoms with Crippen molar-refractivity contribution >= 4 is 11.0 Å². The quantitative estimate of drug-likeness (QED) is 0.899. The first kappa shape index (κ1) is 13.0. The van der Waals surface area contributed by atoms with Crippen LogP contribution in [0.2, 0.25) is 0 Å². The van der Waals surface area contributed by atoms with E-state index in [9.17, 15) is 0 Å². The molecule has 2 N–H and O–H groups in total. The Morgan fingerprint density at radius 2 is 2.06 bits per heavy atom. The van der Waals surface area contributed by atoms with Gasteiger partial charge in [0.05, 0.1) is 5.69 Å². The van der Waals surface area contributed by atoms with Gasteiger partial charge in [0, 0.05) is 24.5 Å². The summed E-state index contributed by atoms with van der Waals surface area (Å²) in [7, 11) is 2.04. The van der Waals surface area contributed by atoms with E-state index in [4.69, 9.17) is 15.7 Å². The molecule has 2 rings (SSSR count). The highest BCUT2D eigenvalue weighted by Gasteiger charge is 2.15. The Balaban J connectivity index is 2.72. The van der Waals surface area contributed by atoms with Crippen molar-refractivity contribution < 1.29 is 0 Å². The number of aryl methyl sites for hydroxylation is 2. The molecule has 0 fully saturated rings. The molecule has 2 heterocycles. The van der Waals surface area contributed by atoms with Crippen molar-refractivity contribution in [3.63, 3.8) is 0 Å². The van der Waals surface area contributed by atoms with Crippen molar-refractivity contribution in [1.82, 2.24) is 14.5 Å². The third kappa shape index (κ3) is 2.12. The summed E-state index contributed by atoms with van der Waals surface area (Å²) in [5, 5.41) is 1.20. The molecule has 0 aromatic carbocycles. The molecule has 0 saturated heterocycles. The standard InChI is InChI=1S/C14H22N4/c1-5-11-12-10(6-7-15)8-18(4)14(12)17-13(16-11)9(2)3/h8-9H,5-7,15H2,1-4H3. The molecule has 0 saturated carbocycles. The smallest absolute Gasteiger partial charge is 0.143 e. The van der Waals surface area contributed by atoms with Crippen molar-refractivity contribution in [3.05, 3.63) is 23.3 Å². The second kappa shape index (κ2) is 5.06. The highest BCUT2D eigenvalue weighted by Crippen LogP contribution is 2.25. The van der Waals surface area contributed by atoms with Crippen LogP contribution in [0.3, 0.4) is 0 Å². The predicted molar refractivity (Wildman–Crippen MR) is 74.7 cm³/mol.